The molecule has 1 atom stereocenters. The van der Waals surface area contributed by atoms with E-state index in [4.69, 9.17) is 31.5 Å². The second kappa shape index (κ2) is 13.3. The maximum atomic E-state index is 11.1. The summed E-state index contributed by atoms with van der Waals surface area (Å²) in [6, 6.07) is 25.2. The molecule has 202 valence electrons. The van der Waals surface area contributed by atoms with Crippen LogP contribution >= 0.6 is 12.2 Å². The predicted octanol–water partition coefficient (Wildman–Crippen LogP) is 5.77. The Hall–Kier alpha value is -3.62. The molecular weight excluding hydrogens is 500 g/mol. The summed E-state index contributed by atoms with van der Waals surface area (Å²) in [6.45, 7) is 6.73. The average molecular weight is 537 g/mol. The number of hydrogen-bond donors (Lipinski definition) is 1. The summed E-state index contributed by atoms with van der Waals surface area (Å²) < 4.78 is 17.5. The SMILES string of the molecule is CN(CC(COc1cccc(N(C)C(=S)Oc2ccc(C(C)(C)C)cc2)c1)OCC(=O)O)c1ccccc1. The highest BCUT2D eigenvalue weighted by molar-refractivity contribution is 7.80. The summed E-state index contributed by atoms with van der Waals surface area (Å²) in [5.41, 5.74) is 3.07. The van der Waals surface area contributed by atoms with Crippen LogP contribution in [0.25, 0.3) is 0 Å². The van der Waals surface area contributed by atoms with E-state index >= 15 is 0 Å². The van der Waals surface area contributed by atoms with E-state index in [2.05, 4.69) is 20.8 Å². The largest absolute Gasteiger partial charge is 0.491 e. The van der Waals surface area contributed by atoms with E-state index in [-0.39, 0.29) is 12.0 Å². The first-order chi connectivity index (χ1) is 18.0. The molecule has 0 spiro atoms. The molecule has 0 saturated carbocycles. The Morgan fingerprint density at radius 1 is 0.921 bits per heavy atom. The van der Waals surface area contributed by atoms with E-state index in [1.165, 1.54) is 5.56 Å². The number of thiocarbonyl (C=S) groups is 1. The van der Waals surface area contributed by atoms with Gasteiger partial charge in [0.25, 0.3) is 5.17 Å². The highest BCUT2D eigenvalue weighted by atomic mass is 32.1. The minimum atomic E-state index is -1.03. The first kappa shape index (κ1) is 28.9. The molecule has 1 N–H and O–H groups in total. The summed E-state index contributed by atoms with van der Waals surface area (Å²) in [7, 11) is 3.76. The van der Waals surface area contributed by atoms with Gasteiger partial charge in [0.1, 0.15) is 30.8 Å². The molecule has 0 bridgehead atoms. The van der Waals surface area contributed by atoms with Crippen molar-refractivity contribution in [1.82, 2.24) is 0 Å². The topological polar surface area (TPSA) is 71.5 Å². The van der Waals surface area contributed by atoms with Crippen molar-refractivity contribution in [2.24, 2.45) is 0 Å². The number of aliphatic carboxylic acids is 1. The highest BCUT2D eigenvalue weighted by Crippen LogP contribution is 2.26. The average Bonchev–Trinajstić information content (AvgIpc) is 2.90. The van der Waals surface area contributed by atoms with Crippen LogP contribution in [-0.2, 0) is 14.9 Å². The van der Waals surface area contributed by atoms with Gasteiger partial charge in [0.2, 0.25) is 0 Å². The molecule has 7 nitrogen and oxygen atoms in total. The number of hydrogen-bond acceptors (Lipinski definition) is 6. The lowest BCUT2D eigenvalue weighted by Crippen LogP contribution is -2.36. The van der Waals surface area contributed by atoms with Crippen molar-refractivity contribution in [2.75, 3.05) is 43.7 Å². The van der Waals surface area contributed by atoms with Gasteiger partial charge < -0.3 is 29.1 Å². The molecule has 0 aliphatic rings. The number of carboxylic acids is 1. The van der Waals surface area contributed by atoms with Crippen LogP contribution in [0, 0.1) is 0 Å². The monoisotopic (exact) mass is 536 g/mol. The van der Waals surface area contributed by atoms with Gasteiger partial charge in [-0.2, -0.15) is 0 Å². The van der Waals surface area contributed by atoms with Gasteiger partial charge in [0.05, 0.1) is 0 Å². The molecule has 0 fully saturated rings. The van der Waals surface area contributed by atoms with Gasteiger partial charge in [0.15, 0.2) is 0 Å². The summed E-state index contributed by atoms with van der Waals surface area (Å²) in [5, 5.41) is 9.40. The Kier molecular flexibility index (Phi) is 10.1. The third-order valence-corrected chi connectivity index (χ3v) is 6.31. The van der Waals surface area contributed by atoms with Crippen LogP contribution in [0.2, 0.25) is 0 Å². The van der Waals surface area contributed by atoms with E-state index in [0.717, 1.165) is 11.4 Å². The zero-order valence-electron chi connectivity index (χ0n) is 22.6. The summed E-state index contributed by atoms with van der Waals surface area (Å²) in [5.74, 6) is 0.253. The van der Waals surface area contributed by atoms with Crippen LogP contribution in [0.3, 0.4) is 0 Å². The van der Waals surface area contributed by atoms with Crippen molar-refractivity contribution in [1.29, 1.82) is 0 Å². The minimum absolute atomic E-state index is 0.0604. The number of nitrogens with zero attached hydrogens (tertiary/aromatic N) is 2. The van der Waals surface area contributed by atoms with E-state index in [0.29, 0.717) is 23.2 Å². The van der Waals surface area contributed by atoms with Crippen molar-refractivity contribution in [3.8, 4) is 11.5 Å². The zero-order valence-corrected chi connectivity index (χ0v) is 23.4. The molecule has 0 aromatic heterocycles. The molecule has 38 heavy (non-hydrogen) atoms. The van der Waals surface area contributed by atoms with Crippen molar-refractivity contribution in [2.45, 2.75) is 32.3 Å². The van der Waals surface area contributed by atoms with Crippen molar-refractivity contribution < 1.29 is 24.1 Å². The molecule has 0 aliphatic carbocycles. The number of likely N-dealkylation sites (N-methyl/N-ethyl adjacent to an activating group) is 1. The Bertz CT molecular complexity index is 1200. The molecular formula is C30H36N2O5S. The number of carboxylic acid groups (broad SMARTS) is 1. The van der Waals surface area contributed by atoms with Crippen LogP contribution in [-0.4, -0.2) is 56.2 Å². The minimum Gasteiger partial charge on any atom is -0.491 e. The molecule has 8 heteroatoms. The summed E-state index contributed by atoms with van der Waals surface area (Å²) in [4.78, 5) is 14.9. The number of rotatable bonds is 11. The van der Waals surface area contributed by atoms with E-state index in [1.807, 2.05) is 97.9 Å². The van der Waals surface area contributed by atoms with Crippen LogP contribution in [0.15, 0.2) is 78.9 Å². The molecule has 0 saturated heterocycles. The Morgan fingerprint density at radius 2 is 1.58 bits per heavy atom. The summed E-state index contributed by atoms with van der Waals surface area (Å²) >= 11 is 5.53. The van der Waals surface area contributed by atoms with Crippen LogP contribution in [0.4, 0.5) is 11.4 Å². The first-order valence-corrected chi connectivity index (χ1v) is 12.8. The smallest absolute Gasteiger partial charge is 0.329 e. The van der Waals surface area contributed by atoms with E-state index in [9.17, 15) is 4.79 Å². The molecule has 0 amide bonds. The van der Waals surface area contributed by atoms with Crippen LogP contribution < -0.4 is 19.3 Å². The van der Waals surface area contributed by atoms with Crippen LogP contribution in [0.1, 0.15) is 26.3 Å². The highest BCUT2D eigenvalue weighted by Gasteiger charge is 2.17. The number of para-hydroxylation sites is 1. The Balaban J connectivity index is 1.62. The van der Waals surface area contributed by atoms with E-state index < -0.39 is 18.7 Å². The van der Waals surface area contributed by atoms with Gasteiger partial charge in [-0.25, -0.2) is 4.79 Å². The second-order valence-corrected chi connectivity index (χ2v) is 10.4. The normalized spacial score (nSPS) is 11.9. The van der Waals surface area contributed by atoms with Gasteiger partial charge in [-0.1, -0.05) is 57.2 Å². The number of anilines is 2. The van der Waals surface area contributed by atoms with Gasteiger partial charge >= 0.3 is 5.97 Å². The summed E-state index contributed by atoms with van der Waals surface area (Å²) in [6.07, 6.45) is -0.460. The lowest BCUT2D eigenvalue weighted by molar-refractivity contribution is -0.144. The van der Waals surface area contributed by atoms with Gasteiger partial charge in [0, 0.05) is 38.1 Å². The Labute approximate surface area is 230 Å². The molecule has 0 radical (unpaired) electrons. The van der Waals surface area contributed by atoms with Gasteiger partial charge in [-0.3, -0.25) is 0 Å². The lowest BCUT2D eigenvalue weighted by Gasteiger charge is -2.26. The number of benzene rings is 3. The Morgan fingerprint density at radius 3 is 2.21 bits per heavy atom. The predicted molar refractivity (Wildman–Crippen MR) is 156 cm³/mol. The fourth-order valence-corrected chi connectivity index (χ4v) is 3.91. The van der Waals surface area contributed by atoms with Crippen molar-refractivity contribution >= 4 is 34.7 Å². The molecule has 3 rings (SSSR count). The zero-order chi connectivity index (χ0) is 27.7. The third-order valence-electron chi connectivity index (χ3n) is 5.96. The molecule has 0 heterocycles. The fraction of sp³-hybridized carbons (Fsp3) is 0.333. The lowest BCUT2D eigenvalue weighted by atomic mass is 9.87. The van der Waals surface area contributed by atoms with Gasteiger partial charge in [-0.05, 0) is 59.6 Å². The van der Waals surface area contributed by atoms with Crippen LogP contribution in [0.5, 0.6) is 11.5 Å². The third kappa shape index (κ3) is 8.75. The standard InChI is InChI=1S/C30H36N2O5S/c1-30(2,3)22-14-16-25(17-15-22)37-29(38)32(5)24-12-9-13-26(18-24)35-20-27(36-21-28(33)34)19-31(4)23-10-7-6-8-11-23/h6-18,27H,19-21H2,1-5H3,(H,33,34). The first-order valence-electron chi connectivity index (χ1n) is 12.4. The molecule has 1 unspecified atom stereocenters. The molecule has 0 aliphatic heterocycles. The number of ether oxygens (including phenoxy) is 3. The van der Waals surface area contributed by atoms with Gasteiger partial charge in [-0.15, -0.1) is 0 Å². The molecule has 3 aromatic rings. The maximum Gasteiger partial charge on any atom is 0.329 e. The van der Waals surface area contributed by atoms with Crippen molar-refractivity contribution in [3.63, 3.8) is 0 Å². The fourth-order valence-electron chi connectivity index (χ4n) is 3.70. The van der Waals surface area contributed by atoms with E-state index in [1.54, 1.807) is 4.90 Å². The second-order valence-electron chi connectivity index (χ2n) is 10.1. The van der Waals surface area contributed by atoms with Crippen molar-refractivity contribution in [3.05, 3.63) is 84.4 Å². The maximum absolute atomic E-state index is 11.1. The quantitative estimate of drug-likeness (QED) is 0.310. The molecule has 3 aromatic carbocycles. The number of carbonyl (C=O) groups is 1.